The summed E-state index contributed by atoms with van der Waals surface area (Å²) < 4.78 is 13.5. The summed E-state index contributed by atoms with van der Waals surface area (Å²) in [6.45, 7) is 0.713. The Morgan fingerprint density at radius 1 is 1.18 bits per heavy atom. The van der Waals surface area contributed by atoms with Crippen LogP contribution in [-0.2, 0) is 17.9 Å². The molecule has 3 atom stereocenters. The van der Waals surface area contributed by atoms with Gasteiger partial charge in [-0.15, -0.1) is 23.1 Å². The number of benzene rings is 1. The number of hydrogen-bond donors (Lipinski definition) is 1. The second-order valence-corrected chi connectivity index (χ2v) is 9.38. The third kappa shape index (κ3) is 2.98. The summed E-state index contributed by atoms with van der Waals surface area (Å²) in [7, 11) is 0. The van der Waals surface area contributed by atoms with Crippen LogP contribution in [0.2, 0.25) is 0 Å². The van der Waals surface area contributed by atoms with E-state index < -0.39 is 6.29 Å². The van der Waals surface area contributed by atoms with Crippen molar-refractivity contribution in [3.8, 4) is 0 Å². The Hall–Kier alpha value is -2.10. The number of fused-ring (bicyclic) bond motifs is 3. The molecule has 5 rings (SSSR count). The molecule has 146 valence electrons. The number of hydrogen-bond acceptors (Lipinski definition) is 5. The molecular formula is C19H19FN4O2S2. The van der Waals surface area contributed by atoms with E-state index in [2.05, 4.69) is 5.43 Å². The smallest absolute Gasteiger partial charge is 0.302 e. The van der Waals surface area contributed by atoms with Gasteiger partial charge in [0.25, 0.3) is 0 Å². The minimum absolute atomic E-state index is 0.0788. The molecule has 2 aromatic rings. The van der Waals surface area contributed by atoms with E-state index in [4.69, 9.17) is 0 Å². The van der Waals surface area contributed by atoms with Crippen molar-refractivity contribution in [2.75, 3.05) is 5.75 Å². The third-order valence-corrected chi connectivity index (χ3v) is 7.57. The lowest BCUT2D eigenvalue weighted by Gasteiger charge is -2.44. The van der Waals surface area contributed by atoms with Crippen LogP contribution in [0.4, 0.5) is 9.18 Å². The Bertz CT molecular complexity index is 909. The third-order valence-electron chi connectivity index (χ3n) is 5.36. The Balaban J connectivity index is 1.44. The van der Waals surface area contributed by atoms with E-state index in [0.29, 0.717) is 12.1 Å². The fraction of sp³-hybridized carbons (Fsp3) is 0.368. The molecule has 1 aromatic carbocycles. The molecule has 4 heterocycles. The summed E-state index contributed by atoms with van der Waals surface area (Å²) >= 11 is 3.23. The zero-order valence-electron chi connectivity index (χ0n) is 15.0. The molecule has 3 aliphatic heterocycles. The fourth-order valence-corrected chi connectivity index (χ4v) is 6.19. The highest BCUT2D eigenvalue weighted by Gasteiger charge is 2.55. The lowest BCUT2D eigenvalue weighted by molar-refractivity contribution is -0.145. The highest BCUT2D eigenvalue weighted by atomic mass is 32.2. The van der Waals surface area contributed by atoms with Gasteiger partial charge >= 0.3 is 6.03 Å². The van der Waals surface area contributed by atoms with Crippen LogP contribution in [0.5, 0.6) is 0 Å². The fourth-order valence-electron chi connectivity index (χ4n) is 4.09. The molecule has 0 saturated carbocycles. The standard InChI is InChI=1S/C19H19FN4O2S2/c20-13-4-1-3-12(9-13)10-23-19(26)24-15-6-8-28-16(15)17(25)22(18(24)21-23)11-14-5-2-7-27-14/h1-5,7,9,15-16,18,21H,6,8,10-11H2. The number of thioether (sulfide) groups is 1. The number of nitrogens with one attached hydrogen (secondary N) is 1. The molecule has 28 heavy (non-hydrogen) atoms. The van der Waals surface area contributed by atoms with Gasteiger partial charge in [0.15, 0.2) is 6.29 Å². The molecule has 6 nitrogen and oxygen atoms in total. The predicted octanol–water partition coefficient (Wildman–Crippen LogP) is 2.83. The van der Waals surface area contributed by atoms with Gasteiger partial charge in [-0.2, -0.15) is 5.43 Å². The summed E-state index contributed by atoms with van der Waals surface area (Å²) in [5.41, 5.74) is 3.91. The van der Waals surface area contributed by atoms with Crippen LogP contribution in [0.1, 0.15) is 16.9 Å². The van der Waals surface area contributed by atoms with E-state index in [0.717, 1.165) is 17.1 Å². The van der Waals surface area contributed by atoms with Crippen LogP contribution in [0, 0.1) is 5.82 Å². The number of amides is 3. The van der Waals surface area contributed by atoms with Gasteiger partial charge in [-0.3, -0.25) is 14.7 Å². The summed E-state index contributed by atoms with van der Waals surface area (Å²) in [6.07, 6.45) is 0.307. The normalized spacial score (nSPS) is 26.8. The minimum atomic E-state index is -0.504. The molecule has 0 bridgehead atoms. The topological polar surface area (TPSA) is 55.9 Å². The van der Waals surface area contributed by atoms with Crippen molar-refractivity contribution in [3.63, 3.8) is 0 Å². The van der Waals surface area contributed by atoms with Gasteiger partial charge in [0.1, 0.15) is 11.1 Å². The van der Waals surface area contributed by atoms with Crippen molar-refractivity contribution in [1.29, 1.82) is 0 Å². The predicted molar refractivity (Wildman–Crippen MR) is 106 cm³/mol. The second kappa shape index (κ2) is 7.06. The maximum atomic E-state index is 13.5. The number of carbonyl (C=O) groups is 2. The van der Waals surface area contributed by atoms with Crippen molar-refractivity contribution in [1.82, 2.24) is 20.2 Å². The molecule has 3 saturated heterocycles. The summed E-state index contributed by atoms with van der Waals surface area (Å²) in [4.78, 5) is 31.0. The Labute approximate surface area is 170 Å². The van der Waals surface area contributed by atoms with Gasteiger partial charge in [-0.1, -0.05) is 18.2 Å². The van der Waals surface area contributed by atoms with Gasteiger partial charge in [-0.05, 0) is 41.3 Å². The number of nitrogens with zero attached hydrogens (tertiary/aromatic N) is 3. The zero-order chi connectivity index (χ0) is 19.3. The molecular weight excluding hydrogens is 399 g/mol. The first-order chi connectivity index (χ1) is 13.6. The summed E-state index contributed by atoms with van der Waals surface area (Å²) in [6, 6.07) is 9.94. The molecule has 3 unspecified atom stereocenters. The van der Waals surface area contributed by atoms with E-state index in [1.165, 1.54) is 17.1 Å². The SMILES string of the molecule is O=C1C2SCCC2N2C(=O)N(Cc3cccc(F)c3)NC2N1Cc1cccs1. The molecule has 0 aliphatic carbocycles. The van der Waals surface area contributed by atoms with Crippen molar-refractivity contribution in [3.05, 3.63) is 58.0 Å². The van der Waals surface area contributed by atoms with E-state index in [1.54, 1.807) is 45.0 Å². The van der Waals surface area contributed by atoms with Crippen LogP contribution in [0.15, 0.2) is 41.8 Å². The quantitative estimate of drug-likeness (QED) is 0.830. The van der Waals surface area contributed by atoms with Crippen LogP contribution in [-0.4, -0.2) is 50.1 Å². The van der Waals surface area contributed by atoms with E-state index >= 15 is 0 Å². The van der Waals surface area contributed by atoms with E-state index in [1.807, 2.05) is 17.5 Å². The Morgan fingerprint density at radius 2 is 2.07 bits per heavy atom. The molecule has 3 amide bonds. The number of rotatable bonds is 4. The minimum Gasteiger partial charge on any atom is -0.302 e. The molecule has 0 radical (unpaired) electrons. The molecule has 3 fully saturated rings. The Morgan fingerprint density at radius 3 is 2.86 bits per heavy atom. The maximum absolute atomic E-state index is 13.5. The average Bonchev–Trinajstić information content (AvgIpc) is 3.40. The second-order valence-electron chi connectivity index (χ2n) is 7.10. The Kier molecular flexibility index (Phi) is 4.53. The molecule has 1 N–H and O–H groups in total. The van der Waals surface area contributed by atoms with Gasteiger partial charge < -0.3 is 4.90 Å². The van der Waals surface area contributed by atoms with Crippen LogP contribution < -0.4 is 5.43 Å². The molecule has 3 aliphatic rings. The largest absolute Gasteiger partial charge is 0.337 e. The van der Waals surface area contributed by atoms with Crippen molar-refractivity contribution >= 4 is 35.0 Å². The molecule has 9 heteroatoms. The maximum Gasteiger partial charge on any atom is 0.337 e. The van der Waals surface area contributed by atoms with Gasteiger partial charge in [0.2, 0.25) is 5.91 Å². The number of halogens is 1. The van der Waals surface area contributed by atoms with E-state index in [-0.39, 0.29) is 35.6 Å². The number of urea groups is 1. The highest BCUT2D eigenvalue weighted by Crippen LogP contribution is 2.40. The van der Waals surface area contributed by atoms with Gasteiger partial charge in [0.05, 0.1) is 19.1 Å². The van der Waals surface area contributed by atoms with Crippen LogP contribution >= 0.6 is 23.1 Å². The van der Waals surface area contributed by atoms with Gasteiger partial charge in [-0.25, -0.2) is 9.18 Å². The van der Waals surface area contributed by atoms with Crippen LogP contribution in [0.3, 0.4) is 0 Å². The zero-order valence-corrected chi connectivity index (χ0v) is 16.6. The van der Waals surface area contributed by atoms with Gasteiger partial charge in [0, 0.05) is 4.88 Å². The first-order valence-electron chi connectivity index (χ1n) is 9.17. The first-order valence-corrected chi connectivity index (χ1v) is 11.1. The molecule has 1 aromatic heterocycles. The summed E-state index contributed by atoms with van der Waals surface area (Å²) in [5, 5.41) is 3.27. The average molecular weight is 419 g/mol. The molecule has 0 spiro atoms. The van der Waals surface area contributed by atoms with Crippen molar-refractivity contribution in [2.24, 2.45) is 0 Å². The first kappa shape index (κ1) is 18.0. The number of carbonyl (C=O) groups excluding carboxylic acids is 2. The summed E-state index contributed by atoms with van der Waals surface area (Å²) in [5.74, 6) is 0.618. The monoisotopic (exact) mass is 418 g/mol. The number of thiophene rings is 1. The van der Waals surface area contributed by atoms with Crippen LogP contribution in [0.25, 0.3) is 0 Å². The van der Waals surface area contributed by atoms with E-state index in [9.17, 15) is 14.0 Å². The lowest BCUT2D eigenvalue weighted by atomic mass is 10.1. The lowest BCUT2D eigenvalue weighted by Crippen LogP contribution is -2.65. The van der Waals surface area contributed by atoms with Crippen molar-refractivity contribution < 1.29 is 14.0 Å². The number of hydrazine groups is 1. The van der Waals surface area contributed by atoms with Crippen molar-refractivity contribution in [2.45, 2.75) is 37.1 Å². The highest BCUT2D eigenvalue weighted by molar-refractivity contribution is 8.00.